The van der Waals surface area contributed by atoms with Gasteiger partial charge in [-0.2, -0.15) is 0 Å². The first-order valence-electron chi connectivity index (χ1n) is 14.8. The van der Waals surface area contributed by atoms with Crippen LogP contribution in [0.1, 0.15) is 105 Å². The number of ketones is 2. The predicted octanol–water partition coefficient (Wildman–Crippen LogP) is 7.20. The summed E-state index contributed by atoms with van der Waals surface area (Å²) in [6.45, 7) is 25.2. The van der Waals surface area contributed by atoms with Crippen molar-refractivity contribution in [1.82, 2.24) is 10.2 Å². The first-order chi connectivity index (χ1) is 18.1. The third-order valence-corrected chi connectivity index (χ3v) is 12.8. The van der Waals surface area contributed by atoms with Crippen LogP contribution in [-0.4, -0.2) is 21.8 Å². The molecule has 1 heterocycles. The summed E-state index contributed by atoms with van der Waals surface area (Å²) in [6, 6.07) is 0. The normalized spacial score (nSPS) is 44.1. The molecule has 0 bridgehead atoms. The lowest BCUT2D eigenvalue weighted by Gasteiger charge is -2.69. The minimum absolute atomic E-state index is 0.0582. The van der Waals surface area contributed by atoms with Crippen molar-refractivity contribution < 1.29 is 14.0 Å². The van der Waals surface area contributed by atoms with Gasteiger partial charge >= 0.3 is 0 Å². The Hall–Kier alpha value is -2.55. The summed E-state index contributed by atoms with van der Waals surface area (Å²) in [5.41, 5.74) is -0.353. The van der Waals surface area contributed by atoms with E-state index in [1.54, 1.807) is 0 Å². The number of nitrogens with zero attached hydrogens (tertiary/aromatic N) is 3. The molecule has 2 unspecified atom stereocenters. The first-order valence-corrected chi connectivity index (χ1v) is 14.8. The van der Waals surface area contributed by atoms with Gasteiger partial charge in [-0.3, -0.25) is 4.79 Å². The summed E-state index contributed by atoms with van der Waals surface area (Å²) in [6.07, 6.45) is 10.6. The number of allylic oxidation sites excluding steroid dienone is 4. The summed E-state index contributed by atoms with van der Waals surface area (Å²) >= 11 is 0. The van der Waals surface area contributed by atoms with E-state index >= 15 is 0 Å². The van der Waals surface area contributed by atoms with Gasteiger partial charge in [0.1, 0.15) is 0 Å². The van der Waals surface area contributed by atoms with Crippen molar-refractivity contribution in [2.45, 2.75) is 106 Å². The second-order valence-electron chi connectivity index (χ2n) is 15.5. The Labute approximate surface area is 232 Å². The Morgan fingerprint density at radius 1 is 0.974 bits per heavy atom. The maximum absolute atomic E-state index is 14.6. The molecule has 5 aliphatic carbocycles. The monoisotopic (exact) mass is 529 g/mol. The highest BCUT2D eigenvalue weighted by atomic mass is 16.4. The minimum Gasteiger partial charge on any atom is -0.425 e. The molecule has 0 radical (unpaired) electrons. The van der Waals surface area contributed by atoms with E-state index in [-0.39, 0.29) is 56.7 Å². The van der Waals surface area contributed by atoms with Gasteiger partial charge in [-0.05, 0) is 79.1 Å². The molecule has 208 valence electrons. The van der Waals surface area contributed by atoms with Crippen molar-refractivity contribution in [3.8, 4) is 0 Å². The first kappa shape index (κ1) is 26.7. The number of hydrogen-bond donors (Lipinski definition) is 0. The number of aromatic nitrogens is 2. The average molecular weight is 530 g/mol. The van der Waals surface area contributed by atoms with E-state index in [0.717, 1.165) is 56.4 Å². The number of Topliss-reactive ketones (excluding diaryl/α,β-unsaturated/α-hetero) is 1. The predicted molar refractivity (Wildman–Crippen MR) is 148 cm³/mol. The van der Waals surface area contributed by atoms with Crippen molar-refractivity contribution >= 4 is 11.6 Å². The molecule has 0 amide bonds. The van der Waals surface area contributed by atoms with Crippen molar-refractivity contribution in [2.75, 3.05) is 0 Å². The van der Waals surface area contributed by atoms with Crippen LogP contribution in [0.15, 0.2) is 27.8 Å². The molecule has 6 rings (SSSR count). The lowest BCUT2D eigenvalue weighted by Crippen LogP contribution is -2.65. The molecule has 0 aromatic carbocycles. The Morgan fingerprint density at radius 3 is 2.31 bits per heavy atom. The summed E-state index contributed by atoms with van der Waals surface area (Å²) in [5.74, 6) is 1.53. The number of carbonyl (C=O) groups is 2. The standard InChI is InChI=1S/C33H43N3O3/c1-19-35-36-27(39-19)33-14-12-28(2,3)17-20(33)25-22(37)16-24-30(6)18-21(34-9)26(38)29(4,5)23(30)10-11-31(24,7)32(25,8)13-15-33/h16,18,20,23,25H,10-15,17H2,1-8H3/t20?,23-,25?,30-,31+,32+,33-/m0/s1. The quantitative estimate of drug-likeness (QED) is 0.360. The van der Waals surface area contributed by atoms with E-state index in [0.29, 0.717) is 5.89 Å². The number of aryl methyl sites for hydroxylation is 1. The highest BCUT2D eigenvalue weighted by Gasteiger charge is 2.70. The molecule has 7 atom stereocenters. The molecule has 0 aliphatic heterocycles. The molecular weight excluding hydrogens is 486 g/mol. The third kappa shape index (κ3) is 3.19. The van der Waals surface area contributed by atoms with E-state index in [9.17, 15) is 9.59 Å². The van der Waals surface area contributed by atoms with E-state index in [2.05, 4.69) is 49.7 Å². The zero-order valence-corrected chi connectivity index (χ0v) is 24.9. The SMILES string of the molecule is [C-]#[N+]C1=C[C@]2(C)C3=CC(=O)C4C5CC(C)(C)CC[C@]5(c5nnc(C)o5)CC[C@@]4(C)[C@]3(C)CC[C@H]2C(C)(C)C1=O. The molecule has 5 aliphatic rings. The van der Waals surface area contributed by atoms with Crippen LogP contribution in [0.3, 0.4) is 0 Å². The maximum atomic E-state index is 14.6. The Bertz CT molecular complexity index is 1390. The summed E-state index contributed by atoms with van der Waals surface area (Å²) in [5, 5.41) is 8.79. The van der Waals surface area contributed by atoms with E-state index < -0.39 is 10.8 Å². The summed E-state index contributed by atoms with van der Waals surface area (Å²) < 4.78 is 6.16. The number of fused-ring (bicyclic) bond motifs is 7. The van der Waals surface area contributed by atoms with Gasteiger partial charge in [-0.15, -0.1) is 10.2 Å². The third-order valence-electron chi connectivity index (χ3n) is 12.8. The van der Waals surface area contributed by atoms with E-state index in [4.69, 9.17) is 11.0 Å². The zero-order valence-electron chi connectivity index (χ0n) is 24.9. The van der Waals surface area contributed by atoms with Crippen LogP contribution >= 0.6 is 0 Å². The van der Waals surface area contributed by atoms with Gasteiger partial charge in [0.2, 0.25) is 17.5 Å². The molecule has 1 aromatic heterocycles. The van der Waals surface area contributed by atoms with Gasteiger partial charge in [0, 0.05) is 23.7 Å². The molecule has 0 saturated heterocycles. The van der Waals surface area contributed by atoms with Crippen molar-refractivity contribution in [3.05, 3.63) is 46.6 Å². The van der Waals surface area contributed by atoms with Crippen LogP contribution in [0.5, 0.6) is 0 Å². The molecular formula is C33H43N3O3. The number of rotatable bonds is 1. The molecule has 39 heavy (non-hydrogen) atoms. The molecule has 6 heteroatoms. The number of carbonyl (C=O) groups excluding carboxylic acids is 2. The van der Waals surface area contributed by atoms with E-state index in [1.807, 2.05) is 32.9 Å². The van der Waals surface area contributed by atoms with Crippen molar-refractivity contribution in [3.63, 3.8) is 0 Å². The Kier molecular flexibility index (Phi) is 5.33. The molecule has 1 aromatic rings. The Morgan fingerprint density at radius 2 is 1.67 bits per heavy atom. The largest absolute Gasteiger partial charge is 0.425 e. The molecule has 3 fully saturated rings. The highest BCUT2D eigenvalue weighted by molar-refractivity contribution is 6.03. The lowest BCUT2D eigenvalue weighted by atomic mass is 9.34. The van der Waals surface area contributed by atoms with Crippen LogP contribution in [0.25, 0.3) is 4.85 Å². The van der Waals surface area contributed by atoms with Crippen molar-refractivity contribution in [2.24, 2.45) is 44.8 Å². The summed E-state index contributed by atoms with van der Waals surface area (Å²) in [7, 11) is 0. The lowest BCUT2D eigenvalue weighted by molar-refractivity contribution is -0.161. The number of hydrogen-bond acceptors (Lipinski definition) is 5. The minimum atomic E-state index is -0.642. The summed E-state index contributed by atoms with van der Waals surface area (Å²) in [4.78, 5) is 31.5. The molecule has 3 saturated carbocycles. The van der Waals surface area contributed by atoms with Crippen LogP contribution in [-0.2, 0) is 15.0 Å². The fourth-order valence-electron chi connectivity index (χ4n) is 10.5. The van der Waals surface area contributed by atoms with Crippen LogP contribution < -0.4 is 0 Å². The van der Waals surface area contributed by atoms with Crippen molar-refractivity contribution in [1.29, 1.82) is 0 Å². The zero-order chi connectivity index (χ0) is 28.4. The van der Waals surface area contributed by atoms with Gasteiger partial charge in [-0.25, -0.2) is 4.85 Å². The van der Waals surface area contributed by atoms with Crippen LogP contribution in [0.4, 0.5) is 0 Å². The second-order valence-corrected chi connectivity index (χ2v) is 15.5. The fourth-order valence-corrected chi connectivity index (χ4v) is 10.5. The van der Waals surface area contributed by atoms with Gasteiger partial charge in [0.25, 0.3) is 0 Å². The highest BCUT2D eigenvalue weighted by Crippen LogP contribution is 2.74. The fraction of sp³-hybridized carbons (Fsp3) is 0.727. The average Bonchev–Trinajstić information content (AvgIpc) is 3.29. The smallest absolute Gasteiger partial charge is 0.226 e. The molecule has 0 spiro atoms. The molecule has 0 N–H and O–H groups in total. The van der Waals surface area contributed by atoms with Crippen LogP contribution in [0.2, 0.25) is 0 Å². The van der Waals surface area contributed by atoms with Gasteiger partial charge in [-0.1, -0.05) is 60.1 Å². The van der Waals surface area contributed by atoms with Gasteiger partial charge in [0.15, 0.2) is 11.6 Å². The van der Waals surface area contributed by atoms with Gasteiger partial charge in [0.05, 0.1) is 12.0 Å². The van der Waals surface area contributed by atoms with Crippen LogP contribution in [0, 0.1) is 58.3 Å². The van der Waals surface area contributed by atoms with Gasteiger partial charge < -0.3 is 9.21 Å². The molecule has 6 nitrogen and oxygen atoms in total. The second kappa shape index (κ2) is 7.80. The maximum Gasteiger partial charge on any atom is 0.226 e. The Balaban J connectivity index is 1.54. The topological polar surface area (TPSA) is 77.4 Å². The van der Waals surface area contributed by atoms with E-state index in [1.165, 1.54) is 0 Å².